The SMILES string of the molecule is CCNC(Cc1ccc(Cl)cc1)c1ccc(F)c(OC)c1. The summed E-state index contributed by atoms with van der Waals surface area (Å²) in [5.74, 6) is -0.0745. The van der Waals surface area contributed by atoms with Gasteiger partial charge >= 0.3 is 0 Å². The Kier molecular flexibility index (Phi) is 5.59. The first kappa shape index (κ1) is 15.8. The van der Waals surface area contributed by atoms with Crippen molar-refractivity contribution in [3.8, 4) is 5.75 Å². The molecule has 21 heavy (non-hydrogen) atoms. The first-order valence-electron chi connectivity index (χ1n) is 6.95. The molecule has 2 aromatic carbocycles. The monoisotopic (exact) mass is 307 g/mol. The van der Waals surface area contributed by atoms with E-state index in [4.69, 9.17) is 16.3 Å². The molecule has 1 N–H and O–H groups in total. The summed E-state index contributed by atoms with van der Waals surface area (Å²) in [6.07, 6.45) is 0.805. The van der Waals surface area contributed by atoms with Crippen LogP contribution in [0.2, 0.25) is 5.02 Å². The van der Waals surface area contributed by atoms with E-state index in [0.717, 1.165) is 23.6 Å². The molecule has 112 valence electrons. The lowest BCUT2D eigenvalue weighted by Crippen LogP contribution is -2.23. The molecule has 0 aliphatic rings. The van der Waals surface area contributed by atoms with E-state index in [1.165, 1.54) is 18.7 Å². The van der Waals surface area contributed by atoms with Gasteiger partial charge in [0.05, 0.1) is 7.11 Å². The summed E-state index contributed by atoms with van der Waals surface area (Å²) in [6, 6.07) is 12.9. The van der Waals surface area contributed by atoms with E-state index in [1.807, 2.05) is 24.3 Å². The van der Waals surface area contributed by atoms with Gasteiger partial charge < -0.3 is 10.1 Å². The lowest BCUT2D eigenvalue weighted by Gasteiger charge is -2.19. The van der Waals surface area contributed by atoms with Crippen LogP contribution in [-0.4, -0.2) is 13.7 Å². The molecule has 2 aromatic rings. The van der Waals surface area contributed by atoms with Gasteiger partial charge in [-0.1, -0.05) is 36.7 Å². The molecule has 0 aliphatic carbocycles. The zero-order valence-electron chi connectivity index (χ0n) is 12.2. The van der Waals surface area contributed by atoms with Crippen LogP contribution in [0.3, 0.4) is 0 Å². The lowest BCUT2D eigenvalue weighted by molar-refractivity contribution is 0.384. The molecule has 0 fully saturated rings. The minimum absolute atomic E-state index is 0.102. The van der Waals surface area contributed by atoms with E-state index in [1.54, 1.807) is 12.1 Å². The van der Waals surface area contributed by atoms with E-state index in [2.05, 4.69) is 12.2 Å². The predicted octanol–water partition coefficient (Wildman–Crippen LogP) is 4.38. The van der Waals surface area contributed by atoms with E-state index in [0.29, 0.717) is 0 Å². The number of halogens is 2. The normalized spacial score (nSPS) is 12.2. The molecule has 0 bridgehead atoms. The summed E-state index contributed by atoms with van der Waals surface area (Å²) in [5, 5.41) is 4.15. The van der Waals surface area contributed by atoms with E-state index >= 15 is 0 Å². The molecule has 1 atom stereocenters. The van der Waals surface area contributed by atoms with Crippen LogP contribution in [0.25, 0.3) is 0 Å². The Balaban J connectivity index is 2.23. The average molecular weight is 308 g/mol. The van der Waals surface area contributed by atoms with Gasteiger partial charge in [0.1, 0.15) is 0 Å². The van der Waals surface area contributed by atoms with Crippen molar-refractivity contribution in [3.05, 3.63) is 64.4 Å². The highest BCUT2D eigenvalue weighted by Crippen LogP contribution is 2.25. The molecule has 0 radical (unpaired) electrons. The van der Waals surface area contributed by atoms with Crippen LogP contribution in [0.15, 0.2) is 42.5 Å². The Hall–Kier alpha value is -1.58. The van der Waals surface area contributed by atoms with Crippen LogP contribution in [-0.2, 0) is 6.42 Å². The fourth-order valence-corrected chi connectivity index (χ4v) is 2.43. The third-order valence-electron chi connectivity index (χ3n) is 3.38. The molecule has 0 heterocycles. The zero-order valence-corrected chi connectivity index (χ0v) is 13.0. The Bertz CT molecular complexity index is 586. The molecule has 0 aliphatic heterocycles. The Morgan fingerprint density at radius 1 is 1.19 bits per heavy atom. The summed E-state index contributed by atoms with van der Waals surface area (Å²) in [7, 11) is 1.48. The third kappa shape index (κ3) is 4.19. The molecular weight excluding hydrogens is 289 g/mol. The topological polar surface area (TPSA) is 21.3 Å². The van der Waals surface area contributed by atoms with E-state index < -0.39 is 0 Å². The smallest absolute Gasteiger partial charge is 0.165 e. The Labute approximate surface area is 129 Å². The molecule has 0 saturated carbocycles. The first-order valence-corrected chi connectivity index (χ1v) is 7.33. The average Bonchev–Trinajstić information content (AvgIpc) is 2.49. The Morgan fingerprint density at radius 3 is 2.52 bits per heavy atom. The van der Waals surface area contributed by atoms with Crippen LogP contribution in [0.4, 0.5) is 4.39 Å². The lowest BCUT2D eigenvalue weighted by atomic mass is 9.98. The summed E-state index contributed by atoms with van der Waals surface area (Å²) < 4.78 is 18.6. The molecule has 0 spiro atoms. The van der Waals surface area contributed by atoms with Crippen molar-refractivity contribution in [1.82, 2.24) is 5.32 Å². The van der Waals surface area contributed by atoms with Gasteiger partial charge in [0.25, 0.3) is 0 Å². The van der Waals surface area contributed by atoms with Gasteiger partial charge in [-0.15, -0.1) is 0 Å². The van der Waals surface area contributed by atoms with Crippen LogP contribution in [0, 0.1) is 5.82 Å². The number of benzene rings is 2. The summed E-state index contributed by atoms with van der Waals surface area (Å²) >= 11 is 5.91. The van der Waals surface area contributed by atoms with Crippen molar-refractivity contribution in [2.45, 2.75) is 19.4 Å². The highest BCUT2D eigenvalue weighted by molar-refractivity contribution is 6.30. The second-order valence-corrected chi connectivity index (χ2v) is 5.27. The molecular formula is C17H19ClFNO. The first-order chi connectivity index (χ1) is 10.1. The van der Waals surface area contributed by atoms with E-state index in [9.17, 15) is 4.39 Å². The van der Waals surface area contributed by atoms with E-state index in [-0.39, 0.29) is 17.6 Å². The number of nitrogens with one attached hydrogen (secondary N) is 1. The fourth-order valence-electron chi connectivity index (χ4n) is 2.30. The standard InChI is InChI=1S/C17H19ClFNO/c1-3-20-16(10-12-4-7-14(18)8-5-12)13-6-9-15(19)17(11-13)21-2/h4-9,11,16,20H,3,10H2,1-2H3. The number of hydrogen-bond acceptors (Lipinski definition) is 2. The second-order valence-electron chi connectivity index (χ2n) is 4.83. The maximum absolute atomic E-state index is 13.5. The number of rotatable bonds is 6. The minimum atomic E-state index is -0.344. The highest BCUT2D eigenvalue weighted by Gasteiger charge is 2.14. The quantitative estimate of drug-likeness (QED) is 0.855. The number of likely N-dealkylation sites (N-methyl/N-ethyl adjacent to an activating group) is 1. The molecule has 2 rings (SSSR count). The fraction of sp³-hybridized carbons (Fsp3) is 0.294. The summed E-state index contributed by atoms with van der Waals surface area (Å²) in [4.78, 5) is 0. The van der Waals surface area contributed by atoms with Crippen molar-refractivity contribution in [1.29, 1.82) is 0 Å². The zero-order chi connectivity index (χ0) is 15.2. The maximum atomic E-state index is 13.5. The summed E-state index contributed by atoms with van der Waals surface area (Å²) in [5.41, 5.74) is 2.18. The molecule has 0 aromatic heterocycles. The second kappa shape index (κ2) is 7.43. The summed E-state index contributed by atoms with van der Waals surface area (Å²) in [6.45, 7) is 2.88. The van der Waals surface area contributed by atoms with Gasteiger partial charge in [0.15, 0.2) is 11.6 Å². The number of ether oxygens (including phenoxy) is 1. The van der Waals surface area contributed by atoms with Crippen molar-refractivity contribution >= 4 is 11.6 Å². The Morgan fingerprint density at radius 2 is 1.90 bits per heavy atom. The van der Waals surface area contributed by atoms with Crippen molar-refractivity contribution in [2.24, 2.45) is 0 Å². The van der Waals surface area contributed by atoms with Gasteiger partial charge in [-0.3, -0.25) is 0 Å². The van der Waals surface area contributed by atoms with Crippen LogP contribution >= 0.6 is 11.6 Å². The van der Waals surface area contributed by atoms with Crippen molar-refractivity contribution < 1.29 is 9.13 Å². The minimum Gasteiger partial charge on any atom is -0.494 e. The van der Waals surface area contributed by atoms with Crippen molar-refractivity contribution in [3.63, 3.8) is 0 Å². The molecule has 0 saturated heterocycles. The molecule has 0 amide bonds. The molecule has 2 nitrogen and oxygen atoms in total. The third-order valence-corrected chi connectivity index (χ3v) is 3.63. The highest BCUT2D eigenvalue weighted by atomic mass is 35.5. The van der Waals surface area contributed by atoms with Gasteiger partial charge in [0.2, 0.25) is 0 Å². The molecule has 1 unspecified atom stereocenters. The predicted molar refractivity (Wildman–Crippen MR) is 84.5 cm³/mol. The van der Waals surface area contributed by atoms with Crippen LogP contribution in [0.5, 0.6) is 5.75 Å². The number of methoxy groups -OCH3 is 1. The van der Waals surface area contributed by atoms with Crippen LogP contribution < -0.4 is 10.1 Å². The largest absolute Gasteiger partial charge is 0.494 e. The maximum Gasteiger partial charge on any atom is 0.165 e. The van der Waals surface area contributed by atoms with Crippen molar-refractivity contribution in [2.75, 3.05) is 13.7 Å². The van der Waals surface area contributed by atoms with Gasteiger partial charge in [-0.25, -0.2) is 4.39 Å². The van der Waals surface area contributed by atoms with Gasteiger partial charge in [-0.05, 0) is 48.4 Å². The van der Waals surface area contributed by atoms with Crippen LogP contribution in [0.1, 0.15) is 24.1 Å². The molecule has 4 heteroatoms. The van der Waals surface area contributed by atoms with Gasteiger partial charge in [-0.2, -0.15) is 0 Å². The number of hydrogen-bond donors (Lipinski definition) is 1. The van der Waals surface area contributed by atoms with Gasteiger partial charge in [0, 0.05) is 11.1 Å².